The Morgan fingerprint density at radius 2 is 2.31 bits per heavy atom. The van der Waals surface area contributed by atoms with Gasteiger partial charge in [-0.3, -0.25) is 0 Å². The van der Waals surface area contributed by atoms with Gasteiger partial charge < -0.3 is 15.7 Å². The SMILES string of the molecule is Nc1cccnc1N(CCCO)C1CCC1. The van der Waals surface area contributed by atoms with Gasteiger partial charge in [-0.25, -0.2) is 4.98 Å². The Morgan fingerprint density at radius 1 is 1.50 bits per heavy atom. The summed E-state index contributed by atoms with van der Waals surface area (Å²) >= 11 is 0. The molecular weight excluding hydrogens is 202 g/mol. The van der Waals surface area contributed by atoms with Crippen molar-refractivity contribution in [3.05, 3.63) is 18.3 Å². The number of hydrogen-bond donors (Lipinski definition) is 2. The lowest BCUT2D eigenvalue weighted by atomic mass is 9.91. The predicted molar refractivity (Wildman–Crippen MR) is 65.3 cm³/mol. The summed E-state index contributed by atoms with van der Waals surface area (Å²) in [6.45, 7) is 1.05. The number of hydrogen-bond acceptors (Lipinski definition) is 4. The Morgan fingerprint density at radius 3 is 2.88 bits per heavy atom. The first-order valence-corrected chi connectivity index (χ1v) is 5.91. The van der Waals surface area contributed by atoms with Gasteiger partial charge in [0.05, 0.1) is 5.69 Å². The van der Waals surface area contributed by atoms with Crippen molar-refractivity contribution in [2.24, 2.45) is 0 Å². The van der Waals surface area contributed by atoms with Crippen LogP contribution in [-0.2, 0) is 0 Å². The molecule has 2 rings (SSSR count). The maximum absolute atomic E-state index is 8.93. The summed E-state index contributed by atoms with van der Waals surface area (Å²) in [6, 6.07) is 4.29. The Balaban J connectivity index is 2.13. The molecule has 0 bridgehead atoms. The first-order chi connectivity index (χ1) is 7.83. The van der Waals surface area contributed by atoms with Gasteiger partial charge in [0.25, 0.3) is 0 Å². The van der Waals surface area contributed by atoms with Crippen molar-refractivity contribution >= 4 is 11.5 Å². The second-order valence-electron chi connectivity index (χ2n) is 4.27. The number of aromatic nitrogens is 1. The van der Waals surface area contributed by atoms with Gasteiger partial charge in [0.1, 0.15) is 0 Å². The van der Waals surface area contributed by atoms with E-state index >= 15 is 0 Å². The first-order valence-electron chi connectivity index (χ1n) is 5.91. The summed E-state index contributed by atoms with van der Waals surface area (Å²) in [4.78, 5) is 6.60. The van der Waals surface area contributed by atoms with E-state index in [4.69, 9.17) is 10.8 Å². The van der Waals surface area contributed by atoms with Crippen molar-refractivity contribution in [2.45, 2.75) is 31.7 Å². The first kappa shape index (κ1) is 11.2. The maximum Gasteiger partial charge on any atom is 0.152 e. The molecule has 0 aliphatic heterocycles. The third-order valence-electron chi connectivity index (χ3n) is 3.16. The minimum Gasteiger partial charge on any atom is -0.396 e. The molecule has 0 unspecified atom stereocenters. The number of nitrogens with zero attached hydrogens (tertiary/aromatic N) is 2. The van der Waals surface area contributed by atoms with Gasteiger partial charge >= 0.3 is 0 Å². The average Bonchev–Trinajstić information content (AvgIpc) is 2.22. The summed E-state index contributed by atoms with van der Waals surface area (Å²) in [6.07, 6.45) is 6.25. The second-order valence-corrected chi connectivity index (χ2v) is 4.27. The van der Waals surface area contributed by atoms with Crippen LogP contribution in [0.5, 0.6) is 0 Å². The van der Waals surface area contributed by atoms with Crippen molar-refractivity contribution in [3.63, 3.8) is 0 Å². The van der Waals surface area contributed by atoms with Gasteiger partial charge in [-0.05, 0) is 37.8 Å². The number of pyridine rings is 1. The fourth-order valence-electron chi connectivity index (χ4n) is 2.05. The van der Waals surface area contributed by atoms with Gasteiger partial charge in [0.2, 0.25) is 0 Å². The van der Waals surface area contributed by atoms with Crippen molar-refractivity contribution in [1.29, 1.82) is 0 Å². The zero-order valence-corrected chi connectivity index (χ0v) is 9.47. The largest absolute Gasteiger partial charge is 0.396 e. The number of anilines is 2. The van der Waals surface area contributed by atoms with Crippen LogP contribution >= 0.6 is 0 Å². The minimum atomic E-state index is 0.218. The van der Waals surface area contributed by atoms with E-state index in [0.29, 0.717) is 6.04 Å². The molecule has 0 aromatic carbocycles. The van der Waals surface area contributed by atoms with Crippen molar-refractivity contribution in [2.75, 3.05) is 23.8 Å². The van der Waals surface area contributed by atoms with Crippen LogP contribution in [0.1, 0.15) is 25.7 Å². The smallest absolute Gasteiger partial charge is 0.152 e. The fourth-order valence-corrected chi connectivity index (χ4v) is 2.05. The second kappa shape index (κ2) is 5.16. The van der Waals surface area contributed by atoms with Crippen molar-refractivity contribution < 1.29 is 5.11 Å². The molecule has 1 aliphatic rings. The number of aliphatic hydroxyl groups excluding tert-OH is 1. The molecule has 1 saturated carbocycles. The van der Waals surface area contributed by atoms with Crippen molar-refractivity contribution in [3.8, 4) is 0 Å². The lowest BCUT2D eigenvalue weighted by Crippen LogP contribution is -2.42. The molecule has 4 heteroatoms. The van der Waals surface area contributed by atoms with E-state index in [-0.39, 0.29) is 6.61 Å². The van der Waals surface area contributed by atoms with E-state index in [1.807, 2.05) is 12.1 Å². The topological polar surface area (TPSA) is 62.4 Å². The molecule has 4 nitrogen and oxygen atoms in total. The molecule has 0 atom stereocenters. The molecule has 1 heterocycles. The van der Waals surface area contributed by atoms with Crippen LogP contribution in [-0.4, -0.2) is 29.3 Å². The Hall–Kier alpha value is -1.29. The summed E-state index contributed by atoms with van der Waals surface area (Å²) in [5, 5.41) is 8.93. The molecule has 1 aromatic rings. The Labute approximate surface area is 96.1 Å². The van der Waals surface area contributed by atoms with Crippen LogP contribution < -0.4 is 10.6 Å². The molecule has 0 saturated heterocycles. The number of nitrogen functional groups attached to an aromatic ring is 1. The van der Waals surface area contributed by atoms with Crippen molar-refractivity contribution in [1.82, 2.24) is 4.98 Å². The van der Waals surface area contributed by atoms with E-state index in [0.717, 1.165) is 24.5 Å². The summed E-state index contributed by atoms with van der Waals surface area (Å²) < 4.78 is 0. The Kier molecular flexibility index (Phi) is 3.62. The van der Waals surface area contributed by atoms with Crippen LogP contribution in [0.4, 0.5) is 11.5 Å². The Bertz CT molecular complexity index is 339. The number of aliphatic hydroxyl groups is 1. The highest BCUT2D eigenvalue weighted by Crippen LogP contribution is 2.31. The molecule has 0 radical (unpaired) electrons. The van der Waals surface area contributed by atoms with Gasteiger partial charge in [-0.1, -0.05) is 0 Å². The monoisotopic (exact) mass is 221 g/mol. The molecular formula is C12H19N3O. The summed E-state index contributed by atoms with van der Waals surface area (Å²) in [7, 11) is 0. The molecule has 88 valence electrons. The molecule has 16 heavy (non-hydrogen) atoms. The summed E-state index contributed by atoms with van der Waals surface area (Å²) in [5.41, 5.74) is 6.67. The van der Waals surface area contributed by atoms with Gasteiger partial charge in [-0.15, -0.1) is 0 Å². The normalized spacial score (nSPS) is 15.8. The zero-order valence-electron chi connectivity index (χ0n) is 9.47. The van der Waals surface area contributed by atoms with Gasteiger partial charge in [-0.2, -0.15) is 0 Å². The number of nitrogens with two attached hydrogens (primary N) is 1. The molecule has 1 aliphatic carbocycles. The fraction of sp³-hybridized carbons (Fsp3) is 0.583. The highest BCUT2D eigenvalue weighted by molar-refractivity contribution is 5.62. The van der Waals surface area contributed by atoms with Gasteiger partial charge in [0, 0.05) is 25.4 Å². The van der Waals surface area contributed by atoms with E-state index in [2.05, 4.69) is 9.88 Å². The van der Waals surface area contributed by atoms with E-state index in [1.165, 1.54) is 19.3 Å². The standard InChI is InChI=1S/C12H19N3O/c13-11-6-2-7-14-12(11)15(8-3-9-16)10-4-1-5-10/h2,6-7,10,16H,1,3-5,8-9,13H2. The molecule has 0 spiro atoms. The quantitative estimate of drug-likeness (QED) is 0.789. The lowest BCUT2D eigenvalue weighted by molar-refractivity contribution is 0.282. The number of rotatable bonds is 5. The van der Waals surface area contributed by atoms with Crippen LogP contribution in [0.3, 0.4) is 0 Å². The van der Waals surface area contributed by atoms with Crippen LogP contribution in [0.25, 0.3) is 0 Å². The minimum absolute atomic E-state index is 0.218. The highest BCUT2D eigenvalue weighted by atomic mass is 16.3. The predicted octanol–water partition coefficient (Wildman–Crippen LogP) is 1.41. The molecule has 1 aromatic heterocycles. The van der Waals surface area contributed by atoms with E-state index < -0.39 is 0 Å². The van der Waals surface area contributed by atoms with Crippen LogP contribution in [0.15, 0.2) is 18.3 Å². The molecule has 1 fully saturated rings. The van der Waals surface area contributed by atoms with Gasteiger partial charge in [0.15, 0.2) is 5.82 Å². The van der Waals surface area contributed by atoms with Crippen LogP contribution in [0, 0.1) is 0 Å². The van der Waals surface area contributed by atoms with E-state index in [9.17, 15) is 0 Å². The lowest BCUT2D eigenvalue weighted by Gasteiger charge is -2.38. The third-order valence-corrected chi connectivity index (χ3v) is 3.16. The zero-order chi connectivity index (χ0) is 11.4. The highest BCUT2D eigenvalue weighted by Gasteiger charge is 2.26. The molecule has 3 N–H and O–H groups in total. The third kappa shape index (κ3) is 2.27. The molecule has 0 amide bonds. The maximum atomic E-state index is 8.93. The van der Waals surface area contributed by atoms with Crippen LogP contribution in [0.2, 0.25) is 0 Å². The van der Waals surface area contributed by atoms with E-state index in [1.54, 1.807) is 6.20 Å². The average molecular weight is 221 g/mol. The summed E-state index contributed by atoms with van der Waals surface area (Å²) in [5.74, 6) is 0.876.